The molecule has 0 amide bonds. The third kappa shape index (κ3) is 2.62. The molecule has 0 saturated heterocycles. The number of nitrogens with zero attached hydrogens (tertiary/aromatic N) is 2. The molecule has 4 nitrogen and oxygen atoms in total. The molecule has 2 unspecified atom stereocenters. The summed E-state index contributed by atoms with van der Waals surface area (Å²) in [5.41, 5.74) is 7.67. The summed E-state index contributed by atoms with van der Waals surface area (Å²) in [7, 11) is 0. The molecule has 2 atom stereocenters. The lowest BCUT2D eigenvalue weighted by molar-refractivity contribution is 0.0922. The van der Waals surface area contributed by atoms with Crippen LogP contribution >= 0.6 is 0 Å². The Morgan fingerprint density at radius 3 is 2.78 bits per heavy atom. The van der Waals surface area contributed by atoms with E-state index in [1.54, 1.807) is 0 Å². The molecule has 18 heavy (non-hydrogen) atoms. The topological polar surface area (TPSA) is 53.1 Å². The van der Waals surface area contributed by atoms with Gasteiger partial charge in [0.15, 0.2) is 0 Å². The monoisotopic (exact) mass is 251 g/mol. The zero-order valence-electron chi connectivity index (χ0n) is 11.8. The van der Waals surface area contributed by atoms with E-state index in [0.29, 0.717) is 17.7 Å². The van der Waals surface area contributed by atoms with Gasteiger partial charge in [0.25, 0.3) is 0 Å². The molecule has 1 fully saturated rings. The van der Waals surface area contributed by atoms with Crippen LogP contribution in [0.1, 0.15) is 51.6 Å². The van der Waals surface area contributed by atoms with Crippen molar-refractivity contribution < 1.29 is 4.74 Å². The normalized spacial score (nSPS) is 24.2. The highest BCUT2D eigenvalue weighted by Gasteiger charge is 2.25. The summed E-state index contributed by atoms with van der Waals surface area (Å²) in [5.74, 6) is 1.40. The van der Waals surface area contributed by atoms with Gasteiger partial charge < -0.3 is 10.5 Å². The van der Waals surface area contributed by atoms with Crippen molar-refractivity contribution in [3.63, 3.8) is 0 Å². The van der Waals surface area contributed by atoms with Gasteiger partial charge in [-0.05, 0) is 38.5 Å². The fourth-order valence-corrected chi connectivity index (χ4v) is 2.66. The molecule has 0 spiro atoms. The molecule has 2 rings (SSSR count). The van der Waals surface area contributed by atoms with Crippen LogP contribution in [-0.4, -0.2) is 15.9 Å². The highest BCUT2D eigenvalue weighted by atomic mass is 16.5. The average molecular weight is 251 g/mol. The molecule has 1 aromatic rings. The summed E-state index contributed by atoms with van der Waals surface area (Å²) < 4.78 is 8.10. The molecule has 1 aromatic heterocycles. The van der Waals surface area contributed by atoms with Crippen LogP contribution in [-0.2, 0) is 6.54 Å². The van der Waals surface area contributed by atoms with Crippen molar-refractivity contribution >= 4 is 5.69 Å². The molecule has 1 heterocycles. The Balaban J connectivity index is 2.16. The van der Waals surface area contributed by atoms with E-state index in [2.05, 4.69) is 18.9 Å². The second kappa shape index (κ2) is 5.63. The molecular weight excluding hydrogens is 226 g/mol. The Hall–Kier alpha value is -1.19. The van der Waals surface area contributed by atoms with Gasteiger partial charge in [0, 0.05) is 6.54 Å². The maximum atomic E-state index is 6.18. The standard InChI is InChI=1S/C14H25N3O/c1-4-9-17-14(13(15)11(3)16-17)18-12-8-6-5-7-10(12)2/h10,12H,4-9,15H2,1-3H3. The number of nitrogen functional groups attached to an aromatic ring is 1. The van der Waals surface area contributed by atoms with Crippen molar-refractivity contribution in [3.05, 3.63) is 5.69 Å². The lowest BCUT2D eigenvalue weighted by Crippen LogP contribution is -2.29. The van der Waals surface area contributed by atoms with E-state index in [1.165, 1.54) is 19.3 Å². The van der Waals surface area contributed by atoms with Crippen LogP contribution < -0.4 is 10.5 Å². The van der Waals surface area contributed by atoms with Crippen molar-refractivity contribution in [1.82, 2.24) is 9.78 Å². The van der Waals surface area contributed by atoms with Crippen molar-refractivity contribution in [3.8, 4) is 5.88 Å². The lowest BCUT2D eigenvalue weighted by atomic mass is 9.88. The van der Waals surface area contributed by atoms with Crippen LogP contribution in [0.3, 0.4) is 0 Å². The molecule has 4 heteroatoms. The minimum atomic E-state index is 0.299. The summed E-state index contributed by atoms with van der Waals surface area (Å²) in [5, 5.41) is 4.46. The maximum Gasteiger partial charge on any atom is 0.236 e. The summed E-state index contributed by atoms with van der Waals surface area (Å²) in [6.45, 7) is 7.22. The Bertz CT molecular complexity index is 400. The van der Waals surface area contributed by atoms with Gasteiger partial charge >= 0.3 is 0 Å². The van der Waals surface area contributed by atoms with E-state index in [-0.39, 0.29) is 0 Å². The molecule has 0 bridgehead atoms. The lowest BCUT2D eigenvalue weighted by Gasteiger charge is -2.29. The molecule has 0 aliphatic heterocycles. The van der Waals surface area contributed by atoms with Crippen molar-refractivity contribution in [1.29, 1.82) is 0 Å². The Morgan fingerprint density at radius 1 is 1.39 bits per heavy atom. The Kier molecular flexibility index (Phi) is 4.15. The number of ether oxygens (including phenoxy) is 1. The van der Waals surface area contributed by atoms with Gasteiger partial charge in [-0.15, -0.1) is 0 Å². The molecule has 1 aliphatic rings. The molecule has 1 saturated carbocycles. The predicted octanol–water partition coefficient (Wildman–Crippen LogP) is 3.14. The van der Waals surface area contributed by atoms with E-state index in [1.807, 2.05) is 11.6 Å². The number of anilines is 1. The Labute approximate surface area is 110 Å². The summed E-state index contributed by atoms with van der Waals surface area (Å²) in [6, 6.07) is 0. The first-order chi connectivity index (χ1) is 8.63. The van der Waals surface area contributed by atoms with Crippen LogP contribution in [0.25, 0.3) is 0 Å². The van der Waals surface area contributed by atoms with Gasteiger partial charge in [0.2, 0.25) is 5.88 Å². The van der Waals surface area contributed by atoms with Gasteiger partial charge in [0.1, 0.15) is 11.8 Å². The summed E-state index contributed by atoms with van der Waals surface area (Å²) in [6.07, 6.45) is 6.31. The first-order valence-corrected chi connectivity index (χ1v) is 7.13. The first-order valence-electron chi connectivity index (χ1n) is 7.13. The minimum Gasteiger partial charge on any atom is -0.473 e. The summed E-state index contributed by atoms with van der Waals surface area (Å²) in [4.78, 5) is 0. The van der Waals surface area contributed by atoms with E-state index in [9.17, 15) is 0 Å². The average Bonchev–Trinajstić information content (AvgIpc) is 2.60. The Morgan fingerprint density at radius 2 is 2.11 bits per heavy atom. The minimum absolute atomic E-state index is 0.299. The smallest absolute Gasteiger partial charge is 0.236 e. The van der Waals surface area contributed by atoms with Crippen LogP contribution in [0.15, 0.2) is 0 Å². The quantitative estimate of drug-likeness (QED) is 0.894. The van der Waals surface area contributed by atoms with Crippen LogP contribution in [0.4, 0.5) is 5.69 Å². The highest BCUT2D eigenvalue weighted by molar-refractivity contribution is 5.52. The molecule has 0 aromatic carbocycles. The van der Waals surface area contributed by atoms with Crippen molar-refractivity contribution in [2.75, 3.05) is 5.73 Å². The number of aromatic nitrogens is 2. The first kappa shape index (κ1) is 13.2. The second-order valence-electron chi connectivity index (χ2n) is 5.45. The molecule has 1 aliphatic carbocycles. The van der Waals surface area contributed by atoms with E-state index in [0.717, 1.165) is 31.0 Å². The molecule has 0 radical (unpaired) electrons. The number of nitrogens with two attached hydrogens (primary N) is 1. The van der Waals surface area contributed by atoms with E-state index in [4.69, 9.17) is 10.5 Å². The molecule has 2 N–H and O–H groups in total. The van der Waals surface area contributed by atoms with Crippen LogP contribution in [0.2, 0.25) is 0 Å². The zero-order chi connectivity index (χ0) is 13.1. The van der Waals surface area contributed by atoms with Crippen molar-refractivity contribution in [2.45, 2.75) is 65.5 Å². The SMILES string of the molecule is CCCn1nc(C)c(N)c1OC1CCCCC1C. The largest absolute Gasteiger partial charge is 0.473 e. The second-order valence-corrected chi connectivity index (χ2v) is 5.45. The molecular formula is C14H25N3O. The highest BCUT2D eigenvalue weighted by Crippen LogP contribution is 2.32. The third-order valence-corrected chi connectivity index (χ3v) is 3.86. The third-order valence-electron chi connectivity index (χ3n) is 3.86. The number of hydrogen-bond donors (Lipinski definition) is 1. The predicted molar refractivity (Wildman–Crippen MR) is 73.7 cm³/mol. The van der Waals surface area contributed by atoms with Gasteiger partial charge in [0.05, 0.1) is 5.69 Å². The fraction of sp³-hybridized carbons (Fsp3) is 0.786. The van der Waals surface area contributed by atoms with Crippen LogP contribution in [0.5, 0.6) is 5.88 Å². The van der Waals surface area contributed by atoms with Crippen molar-refractivity contribution in [2.24, 2.45) is 5.92 Å². The molecule has 102 valence electrons. The van der Waals surface area contributed by atoms with Gasteiger partial charge in [-0.25, -0.2) is 4.68 Å². The fourth-order valence-electron chi connectivity index (χ4n) is 2.66. The van der Waals surface area contributed by atoms with E-state index >= 15 is 0 Å². The van der Waals surface area contributed by atoms with Gasteiger partial charge in [-0.2, -0.15) is 5.10 Å². The number of rotatable bonds is 4. The summed E-state index contributed by atoms with van der Waals surface area (Å²) >= 11 is 0. The van der Waals surface area contributed by atoms with E-state index < -0.39 is 0 Å². The maximum absolute atomic E-state index is 6.18. The zero-order valence-corrected chi connectivity index (χ0v) is 11.8. The number of hydrogen-bond acceptors (Lipinski definition) is 3. The number of aryl methyl sites for hydroxylation is 2. The van der Waals surface area contributed by atoms with Crippen LogP contribution in [0, 0.1) is 12.8 Å². The van der Waals surface area contributed by atoms with Gasteiger partial charge in [-0.3, -0.25) is 0 Å². The van der Waals surface area contributed by atoms with Gasteiger partial charge in [-0.1, -0.05) is 20.3 Å².